The number of rotatable bonds is 3. The zero-order valence-electron chi connectivity index (χ0n) is 12.0. The molecule has 0 radical (unpaired) electrons. The fourth-order valence-electron chi connectivity index (χ4n) is 2.68. The van der Waals surface area contributed by atoms with E-state index in [9.17, 15) is 4.79 Å². The maximum absolute atomic E-state index is 12.1. The van der Waals surface area contributed by atoms with E-state index in [1.807, 2.05) is 50.5 Å². The summed E-state index contributed by atoms with van der Waals surface area (Å²) in [6.45, 7) is 2.36. The van der Waals surface area contributed by atoms with E-state index in [2.05, 4.69) is 10.4 Å². The van der Waals surface area contributed by atoms with Crippen LogP contribution in [0.2, 0.25) is 0 Å². The van der Waals surface area contributed by atoms with Gasteiger partial charge in [-0.05, 0) is 12.5 Å². The number of nitrogens with one attached hydrogen (secondary N) is 2. The molecule has 21 heavy (non-hydrogen) atoms. The highest BCUT2D eigenvalue weighted by Crippen LogP contribution is 2.29. The number of hydrogen-bond acceptors (Lipinski definition) is 3. The molecule has 2 amide bonds. The third-order valence-electron chi connectivity index (χ3n) is 3.63. The second kappa shape index (κ2) is 5.05. The Morgan fingerprint density at radius 2 is 2.05 bits per heavy atom. The summed E-state index contributed by atoms with van der Waals surface area (Å²) in [7, 11) is 1.84. The van der Waals surface area contributed by atoms with Gasteiger partial charge < -0.3 is 4.90 Å². The number of hydrogen-bond donors (Lipinski definition) is 2. The fraction of sp³-hybridized carbons (Fsp3) is 0.267. The molecule has 1 saturated heterocycles. The maximum atomic E-state index is 12.1. The van der Waals surface area contributed by atoms with Gasteiger partial charge in [0.1, 0.15) is 11.9 Å². The number of carbonyl (C=O) groups is 1. The normalized spacial score (nSPS) is 18.2. The van der Waals surface area contributed by atoms with Crippen LogP contribution in [0.25, 0.3) is 0 Å². The molecule has 0 bridgehead atoms. The van der Waals surface area contributed by atoms with Crippen molar-refractivity contribution in [2.45, 2.75) is 19.5 Å². The van der Waals surface area contributed by atoms with E-state index in [1.54, 1.807) is 9.58 Å². The first kappa shape index (κ1) is 13.4. The lowest BCUT2D eigenvalue weighted by atomic mass is 10.1. The highest BCUT2D eigenvalue weighted by molar-refractivity contribution is 6.06. The first-order valence-corrected chi connectivity index (χ1v) is 6.76. The van der Waals surface area contributed by atoms with Crippen LogP contribution in [-0.4, -0.2) is 26.5 Å². The molecule has 1 atom stereocenters. The molecule has 6 heteroatoms. The summed E-state index contributed by atoms with van der Waals surface area (Å²) in [6, 6.07) is 9.14. The molecule has 2 heterocycles. The monoisotopic (exact) mass is 283 g/mol. The number of carbonyl (C=O) groups excluding carboxylic acids is 1. The smallest absolute Gasteiger partial charge is 0.306 e. The van der Waals surface area contributed by atoms with Gasteiger partial charge in [-0.15, -0.1) is 0 Å². The van der Waals surface area contributed by atoms with Gasteiger partial charge in [-0.1, -0.05) is 30.3 Å². The van der Waals surface area contributed by atoms with Crippen molar-refractivity contribution in [2.75, 3.05) is 0 Å². The van der Waals surface area contributed by atoms with Crippen LogP contribution in [0.1, 0.15) is 22.9 Å². The molecule has 1 fully saturated rings. The average Bonchev–Trinajstić information content (AvgIpc) is 2.90. The number of benzene rings is 1. The van der Waals surface area contributed by atoms with Crippen molar-refractivity contribution in [3.05, 3.63) is 53.3 Å². The van der Waals surface area contributed by atoms with E-state index in [0.29, 0.717) is 6.54 Å². The number of nitrogens with zero attached hydrogens (tertiary/aromatic N) is 3. The van der Waals surface area contributed by atoms with Crippen molar-refractivity contribution in [3.63, 3.8) is 0 Å². The van der Waals surface area contributed by atoms with Crippen molar-refractivity contribution < 1.29 is 4.79 Å². The highest BCUT2D eigenvalue weighted by atomic mass is 16.2. The van der Waals surface area contributed by atoms with Crippen molar-refractivity contribution in [3.8, 4) is 0 Å². The number of amides is 2. The summed E-state index contributed by atoms with van der Waals surface area (Å²) in [5, 5.41) is 15.0. The molecule has 0 aliphatic carbocycles. The second-order valence-corrected chi connectivity index (χ2v) is 5.20. The summed E-state index contributed by atoms with van der Waals surface area (Å²) in [4.78, 5) is 13.8. The van der Waals surface area contributed by atoms with Gasteiger partial charge in [0.25, 0.3) is 0 Å². The average molecular weight is 283 g/mol. The number of aromatic nitrogens is 2. The molecular weight excluding hydrogens is 266 g/mol. The molecule has 1 aliphatic heterocycles. The summed E-state index contributed by atoms with van der Waals surface area (Å²) in [5.74, 6) is 0.201. The van der Waals surface area contributed by atoms with E-state index in [-0.39, 0.29) is 11.9 Å². The van der Waals surface area contributed by atoms with Crippen LogP contribution in [0.3, 0.4) is 0 Å². The molecule has 6 nitrogen and oxygen atoms in total. The van der Waals surface area contributed by atoms with Crippen LogP contribution in [0, 0.1) is 12.3 Å². The first-order chi connectivity index (χ1) is 10.1. The number of aryl methyl sites for hydroxylation is 2. The largest absolute Gasteiger partial charge is 0.324 e. The SMILES string of the molecule is Cc1nn(C)cc1C1C(=N)NC(=O)N1Cc1ccccc1. The molecule has 1 aliphatic rings. The predicted octanol–water partition coefficient (Wildman–Crippen LogP) is 1.97. The highest BCUT2D eigenvalue weighted by Gasteiger charge is 2.38. The lowest BCUT2D eigenvalue weighted by Crippen LogP contribution is -2.29. The van der Waals surface area contributed by atoms with Crippen molar-refractivity contribution in [1.29, 1.82) is 5.41 Å². The van der Waals surface area contributed by atoms with Crippen molar-refractivity contribution >= 4 is 11.9 Å². The summed E-state index contributed by atoms with van der Waals surface area (Å²) >= 11 is 0. The van der Waals surface area contributed by atoms with Crippen molar-refractivity contribution in [1.82, 2.24) is 20.0 Å². The summed E-state index contributed by atoms with van der Waals surface area (Å²) < 4.78 is 1.71. The number of urea groups is 1. The van der Waals surface area contributed by atoms with E-state index in [4.69, 9.17) is 5.41 Å². The molecule has 1 aromatic carbocycles. The lowest BCUT2D eigenvalue weighted by Gasteiger charge is -2.22. The van der Waals surface area contributed by atoms with Gasteiger partial charge in [-0.25, -0.2) is 4.79 Å². The zero-order valence-corrected chi connectivity index (χ0v) is 12.0. The van der Waals surface area contributed by atoms with Crippen LogP contribution in [-0.2, 0) is 13.6 Å². The Bertz CT molecular complexity index is 691. The van der Waals surface area contributed by atoms with Crippen LogP contribution < -0.4 is 5.32 Å². The zero-order chi connectivity index (χ0) is 15.0. The van der Waals surface area contributed by atoms with Gasteiger partial charge in [0, 0.05) is 25.4 Å². The van der Waals surface area contributed by atoms with Gasteiger partial charge in [-0.2, -0.15) is 5.10 Å². The topological polar surface area (TPSA) is 74.0 Å². The Morgan fingerprint density at radius 1 is 1.33 bits per heavy atom. The van der Waals surface area contributed by atoms with E-state index in [0.717, 1.165) is 16.8 Å². The minimum Gasteiger partial charge on any atom is -0.306 e. The van der Waals surface area contributed by atoms with Gasteiger partial charge in [-0.3, -0.25) is 15.4 Å². The van der Waals surface area contributed by atoms with Crippen molar-refractivity contribution in [2.24, 2.45) is 7.05 Å². The van der Waals surface area contributed by atoms with Gasteiger partial charge >= 0.3 is 6.03 Å². The summed E-state index contributed by atoms with van der Waals surface area (Å²) in [5.41, 5.74) is 2.76. The molecule has 0 spiro atoms. The standard InChI is InChI=1S/C15H17N5O/c1-10-12(9-19(2)18-10)13-14(16)17-15(21)20(13)8-11-6-4-3-5-7-11/h3-7,9,13H,8H2,1-2H3,(H2,16,17,21). The summed E-state index contributed by atoms with van der Waals surface area (Å²) in [6.07, 6.45) is 1.87. The lowest BCUT2D eigenvalue weighted by molar-refractivity contribution is 0.203. The Balaban J connectivity index is 1.95. The minimum absolute atomic E-state index is 0.201. The minimum atomic E-state index is -0.397. The van der Waals surface area contributed by atoms with Crippen LogP contribution in [0.5, 0.6) is 0 Å². The maximum Gasteiger partial charge on any atom is 0.324 e. The Kier molecular flexibility index (Phi) is 3.21. The first-order valence-electron chi connectivity index (χ1n) is 6.76. The molecule has 0 saturated carbocycles. The molecule has 108 valence electrons. The van der Waals surface area contributed by atoms with Gasteiger partial charge in [0.05, 0.1) is 5.69 Å². The molecule has 2 aromatic rings. The predicted molar refractivity (Wildman–Crippen MR) is 78.9 cm³/mol. The Labute approximate surface area is 122 Å². The van der Waals surface area contributed by atoms with Gasteiger partial charge in [0.15, 0.2) is 0 Å². The van der Waals surface area contributed by atoms with Crippen LogP contribution in [0.4, 0.5) is 4.79 Å². The second-order valence-electron chi connectivity index (χ2n) is 5.20. The molecule has 3 rings (SSSR count). The van der Waals surface area contributed by atoms with Gasteiger partial charge in [0.2, 0.25) is 0 Å². The van der Waals surface area contributed by atoms with E-state index >= 15 is 0 Å². The molecule has 2 N–H and O–H groups in total. The van der Waals surface area contributed by atoms with E-state index in [1.165, 1.54) is 0 Å². The molecular formula is C15H17N5O. The van der Waals surface area contributed by atoms with E-state index < -0.39 is 6.04 Å². The third-order valence-corrected chi connectivity index (χ3v) is 3.63. The molecule has 1 aromatic heterocycles. The quantitative estimate of drug-likeness (QED) is 0.903. The Hall–Kier alpha value is -2.63. The Morgan fingerprint density at radius 3 is 2.67 bits per heavy atom. The van der Waals surface area contributed by atoms with Crippen LogP contribution in [0.15, 0.2) is 36.5 Å². The molecule has 1 unspecified atom stereocenters. The fourth-order valence-corrected chi connectivity index (χ4v) is 2.68. The number of amidine groups is 1. The van der Waals surface area contributed by atoms with Crippen LogP contribution >= 0.6 is 0 Å². The third kappa shape index (κ3) is 2.40.